The maximum atomic E-state index is 9.01. The Morgan fingerprint density at radius 1 is 1.38 bits per heavy atom. The van der Waals surface area contributed by atoms with Crippen LogP contribution in [0.5, 0.6) is 0 Å². The van der Waals surface area contributed by atoms with Gasteiger partial charge in [-0.25, -0.2) is 0 Å². The van der Waals surface area contributed by atoms with Crippen LogP contribution in [0.1, 0.15) is 5.56 Å². The van der Waals surface area contributed by atoms with Crippen LogP contribution >= 0.6 is 0 Å². The van der Waals surface area contributed by atoms with Crippen LogP contribution in [0.25, 0.3) is 0 Å². The largest absolute Gasteiger partial charge is 0.394 e. The Hall–Kier alpha value is -0.970. The maximum Gasteiger partial charge on any atom is 0.0895 e. The summed E-state index contributed by atoms with van der Waals surface area (Å²) in [7, 11) is 0. The van der Waals surface area contributed by atoms with Gasteiger partial charge in [-0.2, -0.15) is 0 Å². The first-order valence-corrected chi connectivity index (χ1v) is 4.21. The van der Waals surface area contributed by atoms with Crippen LogP contribution < -0.4 is 5.32 Å². The molecule has 3 N–H and O–H groups in total. The monoisotopic (exact) mass is 182 g/mol. The number of hydrogen-bond acceptors (Lipinski definition) is 4. The van der Waals surface area contributed by atoms with Crippen molar-refractivity contribution in [2.24, 2.45) is 0 Å². The molecule has 0 saturated carbocycles. The summed E-state index contributed by atoms with van der Waals surface area (Å²) in [4.78, 5) is 3.89. The molecule has 0 amide bonds. The van der Waals surface area contributed by atoms with Crippen molar-refractivity contribution in [2.75, 3.05) is 13.2 Å². The molecule has 0 aliphatic carbocycles. The minimum Gasteiger partial charge on any atom is -0.394 e. The zero-order valence-electron chi connectivity index (χ0n) is 7.35. The summed E-state index contributed by atoms with van der Waals surface area (Å²) >= 11 is 0. The third-order valence-electron chi connectivity index (χ3n) is 1.67. The average molecular weight is 182 g/mol. The predicted octanol–water partition coefficient (Wildman–Crippen LogP) is -0.476. The lowest BCUT2D eigenvalue weighted by molar-refractivity contribution is 0.0942. The molecular formula is C9H14N2O2. The average Bonchev–Trinajstić information content (AvgIpc) is 2.19. The highest BCUT2D eigenvalue weighted by atomic mass is 16.3. The number of nitrogens with one attached hydrogen (secondary N) is 1. The fraction of sp³-hybridized carbons (Fsp3) is 0.444. The molecule has 1 atom stereocenters. The Labute approximate surface area is 77.2 Å². The third-order valence-corrected chi connectivity index (χ3v) is 1.67. The van der Waals surface area contributed by atoms with E-state index in [4.69, 9.17) is 10.2 Å². The van der Waals surface area contributed by atoms with E-state index in [2.05, 4.69) is 10.3 Å². The number of nitrogens with zero attached hydrogens (tertiary/aromatic N) is 1. The normalized spacial score (nSPS) is 12.8. The molecular weight excluding hydrogens is 168 g/mol. The van der Waals surface area contributed by atoms with Crippen LogP contribution in [0.4, 0.5) is 0 Å². The van der Waals surface area contributed by atoms with E-state index in [9.17, 15) is 0 Å². The second kappa shape index (κ2) is 5.64. The van der Waals surface area contributed by atoms with E-state index in [1.54, 1.807) is 12.4 Å². The van der Waals surface area contributed by atoms with Crippen molar-refractivity contribution in [1.29, 1.82) is 0 Å². The zero-order valence-corrected chi connectivity index (χ0v) is 7.35. The fourth-order valence-corrected chi connectivity index (χ4v) is 0.948. The molecule has 0 aliphatic rings. The van der Waals surface area contributed by atoms with Crippen LogP contribution in [-0.4, -0.2) is 34.5 Å². The van der Waals surface area contributed by atoms with Crippen molar-refractivity contribution in [3.63, 3.8) is 0 Å². The molecule has 0 aliphatic heterocycles. The number of hydrogen-bond donors (Lipinski definition) is 3. The molecule has 13 heavy (non-hydrogen) atoms. The van der Waals surface area contributed by atoms with Crippen molar-refractivity contribution in [2.45, 2.75) is 12.6 Å². The Balaban J connectivity index is 2.20. The number of aliphatic hydroxyl groups is 2. The first-order chi connectivity index (χ1) is 6.33. The molecule has 0 radical (unpaired) electrons. The SMILES string of the molecule is OC[C@H](O)CNCc1ccncc1. The highest BCUT2D eigenvalue weighted by Gasteiger charge is 1.99. The molecule has 0 aromatic carbocycles. The number of rotatable bonds is 5. The number of pyridine rings is 1. The first kappa shape index (κ1) is 10.1. The van der Waals surface area contributed by atoms with Gasteiger partial charge in [-0.1, -0.05) is 0 Å². The topological polar surface area (TPSA) is 65.4 Å². The molecule has 0 fully saturated rings. The molecule has 0 spiro atoms. The highest BCUT2D eigenvalue weighted by molar-refractivity contribution is 5.08. The van der Waals surface area contributed by atoms with E-state index in [1.807, 2.05) is 12.1 Å². The van der Waals surface area contributed by atoms with Gasteiger partial charge in [0.25, 0.3) is 0 Å². The summed E-state index contributed by atoms with van der Waals surface area (Å²) in [5.41, 5.74) is 1.11. The summed E-state index contributed by atoms with van der Waals surface area (Å²) in [6.07, 6.45) is 2.76. The molecule has 72 valence electrons. The standard InChI is InChI=1S/C9H14N2O2/c12-7-9(13)6-11-5-8-1-3-10-4-2-8/h1-4,9,11-13H,5-7H2/t9-/m1/s1. The third kappa shape index (κ3) is 3.98. The molecule has 1 aromatic rings. The second-order valence-corrected chi connectivity index (χ2v) is 2.82. The molecule has 0 bridgehead atoms. The van der Waals surface area contributed by atoms with Gasteiger partial charge in [0.1, 0.15) is 0 Å². The van der Waals surface area contributed by atoms with Gasteiger partial charge in [0.05, 0.1) is 12.7 Å². The van der Waals surface area contributed by atoms with Gasteiger partial charge in [-0.05, 0) is 17.7 Å². The molecule has 1 heterocycles. The van der Waals surface area contributed by atoms with Gasteiger partial charge in [0.15, 0.2) is 0 Å². The fourth-order valence-electron chi connectivity index (χ4n) is 0.948. The van der Waals surface area contributed by atoms with Gasteiger partial charge < -0.3 is 15.5 Å². The van der Waals surface area contributed by atoms with Gasteiger partial charge in [0.2, 0.25) is 0 Å². The molecule has 1 rings (SSSR count). The summed E-state index contributed by atoms with van der Waals surface area (Å²) in [5.74, 6) is 0. The van der Waals surface area contributed by atoms with Crippen molar-refractivity contribution in [3.8, 4) is 0 Å². The summed E-state index contributed by atoms with van der Waals surface area (Å²) in [5, 5.41) is 20.6. The molecule has 4 nitrogen and oxygen atoms in total. The van der Waals surface area contributed by atoms with E-state index >= 15 is 0 Å². The van der Waals surface area contributed by atoms with Crippen LogP contribution in [0.3, 0.4) is 0 Å². The minimum atomic E-state index is -0.679. The zero-order chi connectivity index (χ0) is 9.52. The summed E-state index contributed by atoms with van der Waals surface area (Å²) in [6, 6.07) is 3.80. The van der Waals surface area contributed by atoms with Gasteiger partial charge >= 0.3 is 0 Å². The molecule has 0 unspecified atom stereocenters. The van der Waals surface area contributed by atoms with Crippen molar-refractivity contribution >= 4 is 0 Å². The van der Waals surface area contributed by atoms with Crippen LogP contribution in [0.15, 0.2) is 24.5 Å². The lowest BCUT2D eigenvalue weighted by atomic mass is 10.2. The Bertz CT molecular complexity index is 228. The molecule has 4 heteroatoms. The Kier molecular flexibility index (Phi) is 4.39. The van der Waals surface area contributed by atoms with E-state index in [0.29, 0.717) is 13.1 Å². The van der Waals surface area contributed by atoms with Crippen LogP contribution in [0.2, 0.25) is 0 Å². The van der Waals surface area contributed by atoms with Gasteiger partial charge in [-0.15, -0.1) is 0 Å². The molecule has 0 saturated heterocycles. The Morgan fingerprint density at radius 2 is 2.08 bits per heavy atom. The van der Waals surface area contributed by atoms with Crippen molar-refractivity contribution in [1.82, 2.24) is 10.3 Å². The number of aromatic nitrogens is 1. The predicted molar refractivity (Wildman–Crippen MR) is 49.0 cm³/mol. The second-order valence-electron chi connectivity index (χ2n) is 2.82. The molecule has 1 aromatic heterocycles. The first-order valence-electron chi connectivity index (χ1n) is 4.21. The number of aliphatic hydroxyl groups excluding tert-OH is 2. The Morgan fingerprint density at radius 3 is 2.69 bits per heavy atom. The lowest BCUT2D eigenvalue weighted by Gasteiger charge is -2.08. The highest BCUT2D eigenvalue weighted by Crippen LogP contribution is 1.94. The van der Waals surface area contributed by atoms with Gasteiger partial charge in [-0.3, -0.25) is 4.98 Å². The van der Waals surface area contributed by atoms with E-state index in [1.165, 1.54) is 0 Å². The van der Waals surface area contributed by atoms with Crippen LogP contribution in [-0.2, 0) is 6.54 Å². The minimum absolute atomic E-state index is 0.205. The van der Waals surface area contributed by atoms with E-state index < -0.39 is 6.10 Å². The summed E-state index contributed by atoms with van der Waals surface area (Å²) < 4.78 is 0. The van der Waals surface area contributed by atoms with E-state index in [-0.39, 0.29) is 6.61 Å². The van der Waals surface area contributed by atoms with Gasteiger partial charge in [0, 0.05) is 25.5 Å². The quantitative estimate of drug-likeness (QED) is 0.575. The smallest absolute Gasteiger partial charge is 0.0895 e. The maximum absolute atomic E-state index is 9.01. The van der Waals surface area contributed by atoms with E-state index in [0.717, 1.165) is 5.56 Å². The lowest BCUT2D eigenvalue weighted by Crippen LogP contribution is -2.28. The summed E-state index contributed by atoms with van der Waals surface area (Å²) in [6.45, 7) is 0.877. The van der Waals surface area contributed by atoms with Crippen LogP contribution in [0, 0.1) is 0 Å². The van der Waals surface area contributed by atoms with Crippen molar-refractivity contribution in [3.05, 3.63) is 30.1 Å². The van der Waals surface area contributed by atoms with Crippen molar-refractivity contribution < 1.29 is 10.2 Å².